The lowest BCUT2D eigenvalue weighted by atomic mass is 10.0. The number of imide groups is 1. The Hall–Kier alpha value is -3.67. The number of urea groups is 1. The predicted octanol–water partition coefficient (Wildman–Crippen LogP) is 3.86. The number of halogens is 3. The number of fused-ring (bicyclic) bond motifs is 1. The summed E-state index contributed by atoms with van der Waals surface area (Å²) in [4.78, 5) is 31.8. The van der Waals surface area contributed by atoms with Crippen LogP contribution >= 0.6 is 0 Å². The summed E-state index contributed by atoms with van der Waals surface area (Å²) in [6.07, 6.45) is 1.56. The number of hydrogen-bond donors (Lipinski definition) is 1. The topological polar surface area (TPSA) is 114 Å². The normalized spacial score (nSPS) is 16.5. The molecule has 2 heterocycles. The second-order valence-electron chi connectivity index (χ2n) is 8.26. The van der Waals surface area contributed by atoms with Crippen molar-refractivity contribution >= 4 is 44.1 Å². The van der Waals surface area contributed by atoms with Crippen LogP contribution < -0.4 is 10.6 Å². The maximum Gasteiger partial charge on any atom is 0.501 e. The van der Waals surface area contributed by atoms with E-state index in [1.165, 1.54) is 4.90 Å². The third kappa shape index (κ3) is 3.63. The van der Waals surface area contributed by atoms with E-state index in [4.69, 9.17) is 5.73 Å². The number of nitrogens with two attached hydrogens (primary N) is 1. The molecule has 178 valence electrons. The van der Waals surface area contributed by atoms with Crippen molar-refractivity contribution in [2.75, 3.05) is 10.6 Å². The number of nitrogen functional groups attached to an aromatic ring is 1. The van der Waals surface area contributed by atoms with Crippen LogP contribution in [0, 0.1) is 0 Å². The number of sulfone groups is 1. The number of carbonyl (C=O) groups excluding carboxylic acids is 2. The second-order valence-corrected chi connectivity index (χ2v) is 10.2. The summed E-state index contributed by atoms with van der Waals surface area (Å²) < 4.78 is 61.7. The van der Waals surface area contributed by atoms with Crippen LogP contribution in [0.3, 0.4) is 0 Å². The molecule has 1 aliphatic heterocycles. The molecule has 2 aromatic carbocycles. The summed E-state index contributed by atoms with van der Waals surface area (Å²) in [6.45, 7) is 3.16. The molecule has 0 unspecified atom stereocenters. The number of benzene rings is 2. The van der Waals surface area contributed by atoms with Gasteiger partial charge in [0.25, 0.3) is 15.7 Å². The Morgan fingerprint density at radius 1 is 1.03 bits per heavy atom. The third-order valence-corrected chi connectivity index (χ3v) is 7.22. The summed E-state index contributed by atoms with van der Waals surface area (Å²) in [5.41, 5.74) is 0.871. The Bertz CT molecular complexity index is 1420. The SMILES string of the molecule is CC1(C)C(=O)N(c2ccc(S(=O)(=O)C(F)(F)F)cc2)C(=O)N1Cc1ccnc2cc(N)ccc12. The van der Waals surface area contributed by atoms with Gasteiger partial charge >= 0.3 is 11.5 Å². The monoisotopic (exact) mass is 492 g/mol. The van der Waals surface area contributed by atoms with Crippen molar-refractivity contribution in [3.63, 3.8) is 0 Å². The summed E-state index contributed by atoms with van der Waals surface area (Å²) in [7, 11) is -5.56. The van der Waals surface area contributed by atoms with E-state index in [0.29, 0.717) is 16.8 Å². The molecule has 1 aliphatic rings. The number of carbonyl (C=O) groups is 2. The van der Waals surface area contributed by atoms with Crippen LogP contribution in [0.5, 0.6) is 0 Å². The van der Waals surface area contributed by atoms with Crippen molar-refractivity contribution in [2.24, 2.45) is 0 Å². The molecule has 0 atom stereocenters. The number of aromatic nitrogens is 1. The summed E-state index contributed by atoms with van der Waals surface area (Å²) in [6, 6.07) is 9.59. The maximum absolute atomic E-state index is 13.3. The van der Waals surface area contributed by atoms with Crippen LogP contribution in [0.15, 0.2) is 59.6 Å². The maximum atomic E-state index is 13.3. The highest BCUT2D eigenvalue weighted by Crippen LogP contribution is 2.36. The largest absolute Gasteiger partial charge is 0.501 e. The fourth-order valence-corrected chi connectivity index (χ4v) is 4.53. The zero-order valence-corrected chi connectivity index (χ0v) is 18.8. The van der Waals surface area contributed by atoms with Gasteiger partial charge in [0.15, 0.2) is 0 Å². The first-order valence-corrected chi connectivity index (χ1v) is 11.4. The summed E-state index contributed by atoms with van der Waals surface area (Å²) >= 11 is 0. The molecule has 2 N–H and O–H groups in total. The number of amides is 3. The van der Waals surface area contributed by atoms with Gasteiger partial charge in [-0.25, -0.2) is 18.1 Å². The van der Waals surface area contributed by atoms with E-state index in [2.05, 4.69) is 4.98 Å². The standard InChI is InChI=1S/C22H19F3N4O4S/c1-21(2)19(30)29(15-4-6-16(7-5-15)34(32,33)22(23,24)25)20(31)28(21)12-13-9-10-27-18-11-14(26)3-8-17(13)18/h3-11H,12,26H2,1-2H3. The molecule has 0 saturated carbocycles. The Balaban J connectivity index is 1.68. The molecule has 8 nitrogen and oxygen atoms in total. The van der Waals surface area contributed by atoms with Gasteiger partial charge in [0.05, 0.1) is 16.1 Å². The van der Waals surface area contributed by atoms with Crippen molar-refractivity contribution in [3.8, 4) is 0 Å². The Kier molecular flexibility index (Phi) is 5.31. The van der Waals surface area contributed by atoms with Gasteiger partial charge in [0.2, 0.25) is 0 Å². The van der Waals surface area contributed by atoms with Gasteiger partial charge < -0.3 is 10.6 Å². The van der Waals surface area contributed by atoms with Gasteiger partial charge in [0.1, 0.15) is 5.54 Å². The van der Waals surface area contributed by atoms with E-state index < -0.39 is 37.7 Å². The first-order valence-electron chi connectivity index (χ1n) is 9.96. The number of pyridine rings is 1. The molecule has 3 aromatic rings. The van der Waals surface area contributed by atoms with E-state index in [1.807, 2.05) is 0 Å². The highest BCUT2D eigenvalue weighted by atomic mass is 32.2. The first-order chi connectivity index (χ1) is 15.7. The van der Waals surface area contributed by atoms with Crippen molar-refractivity contribution in [1.29, 1.82) is 0 Å². The minimum atomic E-state index is -5.56. The number of alkyl halides is 3. The van der Waals surface area contributed by atoms with Gasteiger partial charge in [-0.2, -0.15) is 13.2 Å². The van der Waals surface area contributed by atoms with E-state index in [1.54, 1.807) is 44.3 Å². The van der Waals surface area contributed by atoms with E-state index in [-0.39, 0.29) is 12.2 Å². The van der Waals surface area contributed by atoms with Gasteiger partial charge in [-0.1, -0.05) is 6.07 Å². The molecular weight excluding hydrogens is 473 g/mol. The van der Waals surface area contributed by atoms with Crippen LogP contribution in [0.1, 0.15) is 19.4 Å². The average Bonchev–Trinajstić information content (AvgIpc) is 2.92. The second kappa shape index (κ2) is 7.69. The third-order valence-electron chi connectivity index (χ3n) is 5.72. The molecule has 0 aliphatic carbocycles. The van der Waals surface area contributed by atoms with Gasteiger partial charge in [0, 0.05) is 23.8 Å². The molecule has 34 heavy (non-hydrogen) atoms. The molecule has 0 radical (unpaired) electrons. The summed E-state index contributed by atoms with van der Waals surface area (Å²) in [5.74, 6) is -0.605. The molecular formula is C22H19F3N4O4S. The summed E-state index contributed by atoms with van der Waals surface area (Å²) in [5, 5.41) is 0.743. The lowest BCUT2D eigenvalue weighted by Gasteiger charge is -2.28. The quantitative estimate of drug-likeness (QED) is 0.437. The molecule has 1 saturated heterocycles. The lowest BCUT2D eigenvalue weighted by Crippen LogP contribution is -2.43. The molecule has 4 rings (SSSR count). The fraction of sp³-hybridized carbons (Fsp3) is 0.227. The zero-order valence-electron chi connectivity index (χ0n) is 18.0. The number of anilines is 2. The molecule has 0 bridgehead atoms. The van der Waals surface area contributed by atoms with Crippen LogP contribution in [0.25, 0.3) is 10.9 Å². The molecule has 12 heteroatoms. The Morgan fingerprint density at radius 3 is 2.29 bits per heavy atom. The smallest absolute Gasteiger partial charge is 0.399 e. The highest BCUT2D eigenvalue weighted by molar-refractivity contribution is 7.92. The van der Waals surface area contributed by atoms with Crippen molar-refractivity contribution in [1.82, 2.24) is 9.88 Å². The van der Waals surface area contributed by atoms with Crippen LogP contribution in [0.2, 0.25) is 0 Å². The first kappa shape index (κ1) is 23.5. The zero-order chi connectivity index (χ0) is 25.1. The van der Waals surface area contributed by atoms with Crippen molar-refractivity contribution < 1.29 is 31.2 Å². The molecule has 1 fully saturated rings. The van der Waals surface area contributed by atoms with Gasteiger partial charge in [-0.15, -0.1) is 0 Å². The minimum Gasteiger partial charge on any atom is -0.399 e. The van der Waals surface area contributed by atoms with Crippen LogP contribution in [-0.4, -0.2) is 41.3 Å². The number of nitrogens with zero attached hydrogens (tertiary/aromatic N) is 3. The lowest BCUT2D eigenvalue weighted by molar-refractivity contribution is -0.123. The van der Waals surface area contributed by atoms with Crippen LogP contribution in [-0.2, 0) is 21.2 Å². The minimum absolute atomic E-state index is 0.0425. The average molecular weight is 492 g/mol. The molecule has 3 amide bonds. The predicted molar refractivity (Wildman–Crippen MR) is 118 cm³/mol. The van der Waals surface area contributed by atoms with Gasteiger partial charge in [-0.3, -0.25) is 9.78 Å². The molecule has 0 spiro atoms. The Labute approximate surface area is 192 Å². The fourth-order valence-electron chi connectivity index (χ4n) is 3.77. The number of rotatable bonds is 4. The van der Waals surface area contributed by atoms with Gasteiger partial charge in [-0.05, 0) is 61.9 Å². The van der Waals surface area contributed by atoms with Crippen molar-refractivity contribution in [3.05, 3.63) is 60.3 Å². The van der Waals surface area contributed by atoms with E-state index >= 15 is 0 Å². The molecule has 1 aromatic heterocycles. The van der Waals surface area contributed by atoms with Crippen LogP contribution in [0.4, 0.5) is 29.3 Å². The number of hydrogen-bond acceptors (Lipinski definition) is 6. The Morgan fingerprint density at radius 2 is 1.68 bits per heavy atom. The van der Waals surface area contributed by atoms with E-state index in [9.17, 15) is 31.2 Å². The van der Waals surface area contributed by atoms with Crippen molar-refractivity contribution in [2.45, 2.75) is 36.3 Å². The van der Waals surface area contributed by atoms with E-state index in [0.717, 1.165) is 34.6 Å². The highest BCUT2D eigenvalue weighted by Gasteiger charge is 2.52.